The van der Waals surface area contributed by atoms with Crippen LogP contribution in [-0.2, 0) is 0 Å². The molecule has 2 aromatic rings. The molecule has 0 fully saturated rings. The Morgan fingerprint density at radius 3 is 2.54 bits per heavy atom. The Labute approximate surface area is 143 Å². The predicted molar refractivity (Wildman–Crippen MR) is 98.0 cm³/mol. The van der Waals surface area contributed by atoms with E-state index in [0.29, 0.717) is 17.0 Å². The van der Waals surface area contributed by atoms with E-state index in [1.807, 2.05) is 36.5 Å². The van der Waals surface area contributed by atoms with Gasteiger partial charge in [0.15, 0.2) is 0 Å². The molecule has 0 saturated heterocycles. The minimum absolute atomic E-state index is 0.193. The Hall–Kier alpha value is -2.56. The van der Waals surface area contributed by atoms with Crippen LogP contribution in [0.25, 0.3) is 0 Å². The highest BCUT2D eigenvalue weighted by atomic mass is 16.5. The molecule has 1 aromatic heterocycles. The smallest absolute Gasteiger partial charge is 0.257 e. The Morgan fingerprint density at radius 2 is 1.88 bits per heavy atom. The van der Waals surface area contributed by atoms with E-state index < -0.39 is 0 Å². The minimum atomic E-state index is -0.193. The summed E-state index contributed by atoms with van der Waals surface area (Å²) < 4.78 is 5.27. The third kappa shape index (κ3) is 4.47. The summed E-state index contributed by atoms with van der Waals surface area (Å²) in [6, 6.07) is 9.24. The first-order valence-corrected chi connectivity index (χ1v) is 8.34. The van der Waals surface area contributed by atoms with E-state index in [0.717, 1.165) is 31.6 Å². The maximum absolute atomic E-state index is 12.5. The fraction of sp³-hybridized carbons (Fsp3) is 0.368. The monoisotopic (exact) mass is 327 g/mol. The summed E-state index contributed by atoms with van der Waals surface area (Å²) in [7, 11) is 1.58. The first-order valence-electron chi connectivity index (χ1n) is 8.34. The van der Waals surface area contributed by atoms with Crippen molar-refractivity contribution in [1.82, 2.24) is 4.98 Å². The van der Waals surface area contributed by atoms with E-state index in [1.165, 1.54) is 0 Å². The number of carbonyl (C=O) groups is 1. The summed E-state index contributed by atoms with van der Waals surface area (Å²) in [5, 5.41) is 2.89. The van der Waals surface area contributed by atoms with Crippen LogP contribution in [0.15, 0.2) is 42.7 Å². The number of aromatic nitrogens is 1. The maximum atomic E-state index is 12.5. The molecular formula is C19H25N3O2. The zero-order chi connectivity index (χ0) is 17.4. The predicted octanol–water partition coefficient (Wildman–Crippen LogP) is 3.97. The molecule has 1 amide bonds. The number of nitrogens with one attached hydrogen (secondary N) is 1. The van der Waals surface area contributed by atoms with Gasteiger partial charge in [-0.1, -0.05) is 26.0 Å². The summed E-state index contributed by atoms with van der Waals surface area (Å²) in [6.07, 6.45) is 5.50. The third-order valence-electron chi connectivity index (χ3n) is 3.69. The van der Waals surface area contributed by atoms with Crippen molar-refractivity contribution in [2.45, 2.75) is 26.7 Å². The minimum Gasteiger partial charge on any atom is -0.495 e. The molecular weight excluding hydrogens is 302 g/mol. The quantitative estimate of drug-likeness (QED) is 0.797. The van der Waals surface area contributed by atoms with Crippen LogP contribution in [0.3, 0.4) is 0 Å². The van der Waals surface area contributed by atoms with Gasteiger partial charge in [-0.2, -0.15) is 0 Å². The standard InChI is InChI=1S/C19H25N3O2/c1-4-10-22(11-5-2)16-12-15(13-20-14-16)19(23)21-17-8-6-7-9-18(17)24-3/h6-9,12-14H,4-5,10-11H2,1-3H3,(H,21,23). The molecule has 0 saturated carbocycles. The van der Waals surface area contributed by atoms with Gasteiger partial charge in [-0.05, 0) is 31.0 Å². The van der Waals surface area contributed by atoms with Crippen LogP contribution in [0.2, 0.25) is 0 Å². The summed E-state index contributed by atoms with van der Waals surface area (Å²) in [5.74, 6) is 0.440. The number of ether oxygens (including phenoxy) is 1. The van der Waals surface area contributed by atoms with E-state index in [1.54, 1.807) is 13.3 Å². The van der Waals surface area contributed by atoms with E-state index in [2.05, 4.69) is 29.0 Å². The lowest BCUT2D eigenvalue weighted by molar-refractivity contribution is 0.102. The van der Waals surface area contributed by atoms with Crippen molar-refractivity contribution in [1.29, 1.82) is 0 Å². The third-order valence-corrected chi connectivity index (χ3v) is 3.69. The summed E-state index contributed by atoms with van der Waals surface area (Å²) in [4.78, 5) is 19.0. The molecule has 0 radical (unpaired) electrons. The van der Waals surface area contributed by atoms with Crippen molar-refractivity contribution >= 4 is 17.3 Å². The normalized spacial score (nSPS) is 10.3. The van der Waals surface area contributed by atoms with E-state index >= 15 is 0 Å². The number of hydrogen-bond acceptors (Lipinski definition) is 4. The van der Waals surface area contributed by atoms with Crippen LogP contribution < -0.4 is 15.0 Å². The number of para-hydroxylation sites is 2. The van der Waals surface area contributed by atoms with Crippen LogP contribution in [0.4, 0.5) is 11.4 Å². The maximum Gasteiger partial charge on any atom is 0.257 e. The molecule has 5 heteroatoms. The average molecular weight is 327 g/mol. The molecule has 1 aromatic carbocycles. The van der Waals surface area contributed by atoms with Gasteiger partial charge in [0.1, 0.15) is 5.75 Å². The number of benzene rings is 1. The number of anilines is 2. The first kappa shape index (κ1) is 17.8. The van der Waals surface area contributed by atoms with E-state index in [9.17, 15) is 4.79 Å². The highest BCUT2D eigenvalue weighted by Gasteiger charge is 2.12. The zero-order valence-corrected chi connectivity index (χ0v) is 14.6. The second kappa shape index (κ2) is 8.91. The van der Waals surface area contributed by atoms with Gasteiger partial charge < -0.3 is 15.0 Å². The van der Waals surface area contributed by atoms with Crippen molar-refractivity contribution in [3.05, 3.63) is 48.3 Å². The van der Waals surface area contributed by atoms with Gasteiger partial charge >= 0.3 is 0 Å². The molecule has 0 aliphatic carbocycles. The number of rotatable bonds is 8. The van der Waals surface area contributed by atoms with Gasteiger partial charge in [0.2, 0.25) is 0 Å². The van der Waals surface area contributed by atoms with Crippen molar-refractivity contribution in [2.24, 2.45) is 0 Å². The van der Waals surface area contributed by atoms with Gasteiger partial charge in [0, 0.05) is 19.3 Å². The highest BCUT2D eigenvalue weighted by molar-refractivity contribution is 6.05. The Kier molecular flexibility index (Phi) is 6.61. The number of amides is 1. The molecule has 0 atom stereocenters. The molecule has 1 heterocycles. The van der Waals surface area contributed by atoms with Crippen LogP contribution in [-0.4, -0.2) is 31.1 Å². The number of nitrogens with zero attached hydrogens (tertiary/aromatic N) is 2. The molecule has 5 nitrogen and oxygen atoms in total. The number of pyridine rings is 1. The van der Waals surface area contributed by atoms with E-state index in [-0.39, 0.29) is 5.91 Å². The second-order valence-electron chi connectivity index (χ2n) is 5.57. The first-order chi connectivity index (χ1) is 11.7. The second-order valence-corrected chi connectivity index (χ2v) is 5.57. The lowest BCUT2D eigenvalue weighted by atomic mass is 10.2. The SMILES string of the molecule is CCCN(CCC)c1cncc(C(=O)Nc2ccccc2OC)c1. The van der Waals surface area contributed by atoms with E-state index in [4.69, 9.17) is 4.74 Å². The van der Waals surface area contributed by atoms with Crippen LogP contribution in [0, 0.1) is 0 Å². The van der Waals surface area contributed by atoms with Crippen molar-refractivity contribution in [2.75, 3.05) is 30.4 Å². The van der Waals surface area contributed by atoms with Gasteiger partial charge in [0.05, 0.1) is 30.2 Å². The number of methoxy groups -OCH3 is 1. The highest BCUT2D eigenvalue weighted by Crippen LogP contribution is 2.24. The largest absolute Gasteiger partial charge is 0.495 e. The lowest BCUT2D eigenvalue weighted by Crippen LogP contribution is -2.25. The molecule has 24 heavy (non-hydrogen) atoms. The summed E-state index contributed by atoms with van der Waals surface area (Å²) in [5.41, 5.74) is 2.16. The molecule has 0 spiro atoms. The summed E-state index contributed by atoms with van der Waals surface area (Å²) in [6.45, 7) is 6.20. The fourth-order valence-corrected chi connectivity index (χ4v) is 2.58. The molecule has 128 valence electrons. The van der Waals surface area contributed by atoms with Gasteiger partial charge in [0.25, 0.3) is 5.91 Å². The number of carbonyl (C=O) groups excluding carboxylic acids is 1. The summed E-state index contributed by atoms with van der Waals surface area (Å²) >= 11 is 0. The molecule has 0 unspecified atom stereocenters. The van der Waals surface area contributed by atoms with Crippen LogP contribution in [0.5, 0.6) is 5.75 Å². The Balaban J connectivity index is 2.19. The molecule has 1 N–H and O–H groups in total. The van der Waals surface area contributed by atoms with Gasteiger partial charge in [-0.3, -0.25) is 9.78 Å². The van der Waals surface area contributed by atoms with Crippen molar-refractivity contribution < 1.29 is 9.53 Å². The van der Waals surface area contributed by atoms with Gasteiger partial charge in [-0.25, -0.2) is 0 Å². The van der Waals surface area contributed by atoms with Crippen LogP contribution >= 0.6 is 0 Å². The average Bonchev–Trinajstić information content (AvgIpc) is 2.62. The zero-order valence-electron chi connectivity index (χ0n) is 14.6. The fourth-order valence-electron chi connectivity index (χ4n) is 2.58. The van der Waals surface area contributed by atoms with Crippen molar-refractivity contribution in [3.63, 3.8) is 0 Å². The molecule has 0 aliphatic heterocycles. The molecule has 0 bridgehead atoms. The lowest BCUT2D eigenvalue weighted by Gasteiger charge is -2.23. The Morgan fingerprint density at radius 1 is 1.17 bits per heavy atom. The van der Waals surface area contributed by atoms with Crippen molar-refractivity contribution in [3.8, 4) is 5.75 Å². The Bertz CT molecular complexity index is 667. The topological polar surface area (TPSA) is 54.5 Å². The molecule has 0 aliphatic rings. The number of hydrogen-bond donors (Lipinski definition) is 1. The molecule has 2 rings (SSSR count). The van der Waals surface area contributed by atoms with Crippen LogP contribution in [0.1, 0.15) is 37.0 Å². The van der Waals surface area contributed by atoms with Gasteiger partial charge in [-0.15, -0.1) is 0 Å².